The number of Topliss-reactive ketones (excluding diaryl/α,β-unsaturated/α-hetero) is 1. The Morgan fingerprint density at radius 3 is 2.03 bits per heavy atom. The summed E-state index contributed by atoms with van der Waals surface area (Å²) in [5, 5.41) is 16.6. The lowest BCUT2D eigenvalue weighted by Gasteiger charge is -2.72. The van der Waals surface area contributed by atoms with Gasteiger partial charge in [-0.2, -0.15) is 0 Å². The smallest absolute Gasteiger partial charge is 0.309 e. The Kier molecular flexibility index (Phi) is 10.7. The van der Waals surface area contributed by atoms with Crippen molar-refractivity contribution in [1.29, 1.82) is 0 Å². The first-order chi connectivity index (χ1) is 28.5. The zero-order chi connectivity index (χ0) is 44.3. The average molecular weight is 839 g/mol. The summed E-state index contributed by atoms with van der Waals surface area (Å²) in [4.78, 5) is 68.7. The number of nitrogens with one attached hydrogen (secondary N) is 2. The molecule has 61 heavy (non-hydrogen) atoms. The van der Waals surface area contributed by atoms with Crippen molar-refractivity contribution in [2.24, 2.45) is 62.6 Å². The van der Waals surface area contributed by atoms with Gasteiger partial charge in [0, 0.05) is 17.4 Å². The van der Waals surface area contributed by atoms with Crippen molar-refractivity contribution in [3.8, 4) is 0 Å². The normalized spacial score (nSPS) is 39.4. The van der Waals surface area contributed by atoms with Crippen LogP contribution in [0, 0.1) is 69.5 Å². The lowest BCUT2D eigenvalue weighted by molar-refractivity contribution is -0.235. The quantitative estimate of drug-likeness (QED) is 0.222. The Balaban J connectivity index is 1.06. The highest BCUT2D eigenvalue weighted by Crippen LogP contribution is 2.76. The number of hydrogen-bond acceptors (Lipinski definition) is 6. The molecule has 0 aromatic heterocycles. The molecule has 1 aromatic carbocycles. The van der Waals surface area contributed by atoms with E-state index in [-0.39, 0.29) is 63.2 Å². The maximum atomic E-state index is 15.0. The summed E-state index contributed by atoms with van der Waals surface area (Å²) < 4.78 is 6.44. The zero-order valence-corrected chi connectivity index (χ0v) is 38.9. The standard InChI is InChI=1S/C52H74N2O7/c1-30(2)40-36(55)29-52(54-45(60)51(22-12-11-13-23-51)53-42(56)32-16-14-31(3)15-17-32)27-26-49(9)33(41(40)52)18-19-38-48(8)24-21-39(47(6,7)37(48)20-25-50(38,49)10)61-44(59)35-28-34(43(57)58)46(35,4)5/h14-17,30,33-35,37-39H,11-13,18-29H2,1-10H3,(H,53,56)(H,54,60)(H,57,58)/t33-,34+,35?,37+,38-,39+,48+,49-,50-,52-/m1/s1. The van der Waals surface area contributed by atoms with Crippen molar-refractivity contribution in [2.45, 2.75) is 183 Å². The number of aliphatic carboxylic acids is 1. The summed E-state index contributed by atoms with van der Waals surface area (Å²) in [5.74, 6) is -1.21. The zero-order valence-electron chi connectivity index (χ0n) is 38.9. The Morgan fingerprint density at radius 2 is 1.41 bits per heavy atom. The first-order valence-electron chi connectivity index (χ1n) is 23.9. The van der Waals surface area contributed by atoms with Gasteiger partial charge in [-0.3, -0.25) is 24.0 Å². The van der Waals surface area contributed by atoms with Crippen molar-refractivity contribution in [3.05, 3.63) is 46.5 Å². The van der Waals surface area contributed by atoms with Gasteiger partial charge in [-0.05, 0) is 146 Å². The molecule has 7 aliphatic rings. The number of carbonyl (C=O) groups excluding carboxylic acids is 4. The molecule has 0 spiro atoms. The number of benzene rings is 1. The highest BCUT2D eigenvalue weighted by atomic mass is 16.5. The highest BCUT2D eigenvalue weighted by Gasteiger charge is 2.71. The number of fused-ring (bicyclic) bond motifs is 7. The molecule has 6 fully saturated rings. The van der Waals surface area contributed by atoms with Crippen LogP contribution in [-0.2, 0) is 23.9 Å². The van der Waals surface area contributed by atoms with E-state index in [1.165, 1.54) is 5.57 Å². The molecule has 0 radical (unpaired) electrons. The van der Waals surface area contributed by atoms with Crippen LogP contribution in [0.2, 0.25) is 0 Å². The number of allylic oxidation sites excluding steroid dienone is 1. The highest BCUT2D eigenvalue weighted by molar-refractivity contribution is 6.04. The van der Waals surface area contributed by atoms with Crippen molar-refractivity contribution in [2.75, 3.05) is 0 Å². The van der Waals surface area contributed by atoms with Gasteiger partial charge in [-0.1, -0.05) is 99.3 Å². The molecule has 6 saturated carbocycles. The van der Waals surface area contributed by atoms with Crippen LogP contribution in [0.15, 0.2) is 35.4 Å². The third-order valence-corrected chi connectivity index (χ3v) is 19.6. The monoisotopic (exact) mass is 839 g/mol. The van der Waals surface area contributed by atoms with E-state index in [1.54, 1.807) is 0 Å². The molecule has 7 aliphatic carbocycles. The molecule has 1 aromatic rings. The molecule has 9 nitrogen and oxygen atoms in total. The molecule has 9 heteroatoms. The van der Waals surface area contributed by atoms with Crippen molar-refractivity contribution in [1.82, 2.24) is 10.6 Å². The lowest BCUT2D eigenvalue weighted by atomic mass is 9.33. The second-order valence-corrected chi connectivity index (χ2v) is 23.5. The number of hydrogen-bond donors (Lipinski definition) is 3. The van der Waals surface area contributed by atoms with Crippen molar-refractivity contribution >= 4 is 29.5 Å². The van der Waals surface area contributed by atoms with Crippen LogP contribution >= 0.6 is 0 Å². The Hall–Kier alpha value is -3.49. The lowest BCUT2D eigenvalue weighted by Crippen LogP contribution is -2.69. The van der Waals surface area contributed by atoms with E-state index in [9.17, 15) is 24.3 Å². The minimum Gasteiger partial charge on any atom is -0.481 e. The maximum absolute atomic E-state index is 15.0. The maximum Gasteiger partial charge on any atom is 0.309 e. The summed E-state index contributed by atoms with van der Waals surface area (Å²) in [6.45, 7) is 22.2. The molecule has 0 saturated heterocycles. The Morgan fingerprint density at radius 1 is 0.738 bits per heavy atom. The first kappa shape index (κ1) is 44.1. The summed E-state index contributed by atoms with van der Waals surface area (Å²) in [6, 6.07) is 7.51. The molecule has 2 amide bonds. The fourth-order valence-corrected chi connectivity index (χ4v) is 15.8. The van der Waals surface area contributed by atoms with Crippen LogP contribution in [0.5, 0.6) is 0 Å². The van der Waals surface area contributed by atoms with E-state index >= 15 is 4.79 Å². The van der Waals surface area contributed by atoms with Crippen molar-refractivity contribution in [3.63, 3.8) is 0 Å². The number of carbonyl (C=O) groups is 5. The van der Waals surface area contributed by atoms with E-state index in [0.29, 0.717) is 49.5 Å². The SMILES string of the molecule is Cc1ccc(C(=O)NC2(C(=O)N[C@@]34CC[C@]5(C)[C@H](CC[C@@H]6[C@@]7(C)CC[C@H](OC(=O)C8C[C@@H](C(=O)O)C8(C)C)C(C)(C)[C@@H]7CC[C@]65C)C3=C(C(C)C)C(=O)C4)CCCCC2)cc1. The van der Waals surface area contributed by atoms with E-state index < -0.39 is 34.3 Å². The molecule has 0 bridgehead atoms. The number of amides is 2. The average Bonchev–Trinajstić information content (AvgIpc) is 3.47. The largest absolute Gasteiger partial charge is 0.481 e. The minimum absolute atomic E-state index is 0.00788. The number of aryl methyl sites for hydroxylation is 1. The molecular formula is C52H74N2O7. The third-order valence-electron chi connectivity index (χ3n) is 19.6. The third kappa shape index (κ3) is 6.52. The van der Waals surface area contributed by atoms with Crippen LogP contribution in [-0.4, -0.2) is 51.8 Å². The van der Waals surface area contributed by atoms with Gasteiger partial charge in [0.2, 0.25) is 5.91 Å². The van der Waals surface area contributed by atoms with Gasteiger partial charge in [-0.15, -0.1) is 0 Å². The van der Waals surface area contributed by atoms with Crippen LogP contribution in [0.4, 0.5) is 0 Å². The van der Waals surface area contributed by atoms with Gasteiger partial charge in [0.15, 0.2) is 5.78 Å². The van der Waals surface area contributed by atoms with Gasteiger partial charge in [-0.25, -0.2) is 0 Å². The van der Waals surface area contributed by atoms with Crippen LogP contribution < -0.4 is 10.6 Å². The fourth-order valence-electron chi connectivity index (χ4n) is 15.8. The molecule has 1 unspecified atom stereocenters. The molecule has 0 heterocycles. The molecule has 3 N–H and O–H groups in total. The van der Waals surface area contributed by atoms with E-state index in [4.69, 9.17) is 4.74 Å². The van der Waals surface area contributed by atoms with Crippen LogP contribution in [0.3, 0.4) is 0 Å². The van der Waals surface area contributed by atoms with E-state index in [2.05, 4.69) is 59.1 Å². The second kappa shape index (κ2) is 14.8. The molecule has 10 atom stereocenters. The summed E-state index contributed by atoms with van der Waals surface area (Å²) >= 11 is 0. The number of carboxylic acid groups (broad SMARTS) is 1. The molecule has 0 aliphatic heterocycles. The fraction of sp³-hybridized carbons (Fsp3) is 0.750. The van der Waals surface area contributed by atoms with Gasteiger partial charge in [0.25, 0.3) is 5.91 Å². The second-order valence-electron chi connectivity index (χ2n) is 23.5. The summed E-state index contributed by atoms with van der Waals surface area (Å²) in [5.41, 5.74) is 1.01. The first-order valence-corrected chi connectivity index (χ1v) is 23.9. The topological polar surface area (TPSA) is 139 Å². The number of rotatable bonds is 8. The molecule has 8 rings (SSSR count). The number of esters is 1. The molecular weight excluding hydrogens is 765 g/mol. The Labute approximate surface area is 364 Å². The van der Waals surface area contributed by atoms with E-state index in [0.717, 1.165) is 75.3 Å². The molecule has 334 valence electrons. The van der Waals surface area contributed by atoms with Gasteiger partial charge in [0.1, 0.15) is 11.6 Å². The number of ketones is 1. The predicted octanol–water partition coefficient (Wildman–Crippen LogP) is 9.94. The van der Waals surface area contributed by atoms with E-state index in [1.807, 2.05) is 45.0 Å². The van der Waals surface area contributed by atoms with Crippen LogP contribution in [0.25, 0.3) is 0 Å². The van der Waals surface area contributed by atoms with Gasteiger partial charge in [0.05, 0.1) is 17.4 Å². The predicted molar refractivity (Wildman–Crippen MR) is 235 cm³/mol. The van der Waals surface area contributed by atoms with Crippen LogP contribution in [0.1, 0.15) is 175 Å². The minimum atomic E-state index is -1.03. The van der Waals surface area contributed by atoms with Crippen molar-refractivity contribution < 1.29 is 33.8 Å². The van der Waals surface area contributed by atoms with Gasteiger partial charge >= 0.3 is 11.9 Å². The van der Waals surface area contributed by atoms with Gasteiger partial charge < -0.3 is 20.5 Å². The number of carboxylic acids is 1. The number of ether oxygens (including phenoxy) is 1. The summed E-state index contributed by atoms with van der Waals surface area (Å²) in [6.07, 6.45) is 11.8. The Bertz CT molecular complexity index is 2020. The summed E-state index contributed by atoms with van der Waals surface area (Å²) in [7, 11) is 0.